The number of nitrogens with zero attached hydrogens (tertiary/aromatic N) is 8. The average Bonchev–Trinajstić information content (AvgIpc) is 4.11. The Bertz CT molecular complexity index is 3110. The first-order chi connectivity index (χ1) is 33.2. The zero-order valence-corrected chi connectivity index (χ0v) is 43.5. The molecule has 10 rings (SSSR count). The van der Waals surface area contributed by atoms with Crippen molar-refractivity contribution < 1.29 is 18.0 Å². The number of piperazine rings is 1. The van der Waals surface area contributed by atoms with Crippen LogP contribution in [0.2, 0.25) is 15.1 Å². The van der Waals surface area contributed by atoms with Gasteiger partial charge in [-0.05, 0) is 72.5 Å². The number of aromatic nitrogens is 6. The summed E-state index contributed by atoms with van der Waals surface area (Å²) in [6, 6.07) is 19.3. The van der Waals surface area contributed by atoms with Crippen LogP contribution >= 0.6 is 34.8 Å². The molecule has 7 aromatic rings. The van der Waals surface area contributed by atoms with Crippen LogP contribution in [-0.2, 0) is 14.8 Å². The van der Waals surface area contributed by atoms with Crippen LogP contribution in [0.4, 0.5) is 22.7 Å². The third-order valence-corrected chi connectivity index (χ3v) is 15.5. The Kier molecular flexibility index (Phi) is 14.8. The van der Waals surface area contributed by atoms with Crippen molar-refractivity contribution in [2.24, 2.45) is 10.8 Å². The molecule has 0 saturated carbocycles. The van der Waals surface area contributed by atoms with Gasteiger partial charge in [-0.2, -0.15) is 15.3 Å². The molecule has 3 saturated heterocycles. The molecule has 4 aromatic carbocycles. The number of rotatable bonds is 9. The number of H-pyrrole nitrogens is 3. The van der Waals surface area contributed by atoms with Crippen molar-refractivity contribution >= 4 is 112 Å². The van der Waals surface area contributed by atoms with E-state index >= 15 is 0 Å². The van der Waals surface area contributed by atoms with E-state index in [-0.39, 0.29) is 28.7 Å². The normalized spacial score (nSPS) is 17.7. The summed E-state index contributed by atoms with van der Waals surface area (Å²) in [6.45, 7) is 15.6. The van der Waals surface area contributed by atoms with Gasteiger partial charge >= 0.3 is 0 Å². The first-order valence-corrected chi connectivity index (χ1v) is 26.1. The van der Waals surface area contributed by atoms with Crippen LogP contribution in [0.15, 0.2) is 79.3 Å². The fraction of sp³-hybridized carbons (Fsp3) is 0.408. The van der Waals surface area contributed by atoms with Gasteiger partial charge < -0.3 is 30.2 Å². The molecule has 3 aromatic heterocycles. The molecule has 3 aliphatic rings. The lowest BCUT2D eigenvalue weighted by Gasteiger charge is -2.49. The van der Waals surface area contributed by atoms with Crippen molar-refractivity contribution in [3.8, 4) is 0 Å². The largest absolute Gasteiger partial charge is 0.370 e. The third kappa shape index (κ3) is 11.2. The van der Waals surface area contributed by atoms with Crippen LogP contribution in [0.3, 0.4) is 0 Å². The number of amides is 2. The summed E-state index contributed by atoms with van der Waals surface area (Å²) in [4.78, 5) is 31.9. The van der Waals surface area contributed by atoms with Crippen LogP contribution in [0, 0.1) is 10.8 Å². The van der Waals surface area contributed by atoms with Crippen molar-refractivity contribution in [1.82, 2.24) is 45.5 Å². The molecule has 1 unspecified atom stereocenters. The number of nitrogens with one attached hydrogen (secondary N) is 5. The summed E-state index contributed by atoms with van der Waals surface area (Å²) < 4.78 is 25.4. The van der Waals surface area contributed by atoms with Crippen molar-refractivity contribution in [3.63, 3.8) is 0 Å². The van der Waals surface area contributed by atoms with Crippen molar-refractivity contribution in [2.45, 2.75) is 40.2 Å². The number of fused-ring (bicyclic) bond motifs is 3. The highest BCUT2D eigenvalue weighted by atomic mass is 35.5. The number of benzene rings is 4. The van der Waals surface area contributed by atoms with Gasteiger partial charge in [0, 0.05) is 151 Å². The highest BCUT2D eigenvalue weighted by molar-refractivity contribution is 7.88. The van der Waals surface area contributed by atoms with E-state index in [0.29, 0.717) is 27.2 Å². The molecule has 5 N–H and O–H groups in total. The van der Waals surface area contributed by atoms with Crippen LogP contribution in [0.25, 0.3) is 32.7 Å². The standard InChI is InChI=1S/C19H20ClN5O.C16H23ClN4O2S.C14H17ClN4O/c1-21-19(26)13-2-4-15(5-3-13)24-6-8-25(9-7-24)18-11-14(20)10-17-16(18)12-22-23-17;1-16(2)10-21(6-5-15(16)20(3)24(4,22)23)14-8-11(17)7-13-12(14)9-18-19-13;1-9(20)16-6-14(2)7-19(8-14)13-4-10(15)3-12-11(13)5-17-18-12/h2-5,10-12H,6-9H2,1H3,(H,21,26)(H,22,23);7-9,15H,5-6,10H2,1-4H3,(H,18,19);3-5H,6-8H2,1-2H3,(H,16,20)(H,17,18). The Morgan fingerprint density at radius 1 is 0.700 bits per heavy atom. The molecule has 372 valence electrons. The fourth-order valence-corrected chi connectivity index (χ4v) is 11.4. The van der Waals surface area contributed by atoms with Gasteiger partial charge in [-0.1, -0.05) is 55.6 Å². The maximum absolute atomic E-state index is 11.9. The molecule has 3 aliphatic heterocycles. The highest BCUT2D eigenvalue weighted by Gasteiger charge is 2.42. The molecular formula is C49H60Cl3N13O4S. The van der Waals surface area contributed by atoms with Crippen LogP contribution in [0.5, 0.6) is 0 Å². The summed E-state index contributed by atoms with van der Waals surface area (Å²) in [6.07, 6.45) is 7.52. The SMILES string of the molecule is CC(=O)NCC1(C)CN(c2cc(Cl)cc3[nH]ncc23)C1.CN(C1CCN(c2cc(Cl)cc3[nH]ncc23)CC1(C)C)S(C)(=O)=O.CNC(=O)c1ccc(N2CCN(c3cc(Cl)cc4[nH]ncc34)CC2)cc1. The minimum absolute atomic E-state index is 0.0182. The van der Waals surface area contributed by atoms with Crippen LogP contribution in [0.1, 0.15) is 44.5 Å². The van der Waals surface area contributed by atoms with Crippen molar-refractivity contribution in [1.29, 1.82) is 0 Å². The molecule has 0 radical (unpaired) electrons. The summed E-state index contributed by atoms with van der Waals surface area (Å²) in [5.74, 6) is -0.0453. The van der Waals surface area contributed by atoms with Gasteiger partial charge in [-0.25, -0.2) is 12.7 Å². The van der Waals surface area contributed by atoms with Gasteiger partial charge in [0.15, 0.2) is 0 Å². The quantitative estimate of drug-likeness (QED) is 0.0948. The molecule has 17 nitrogen and oxygen atoms in total. The second kappa shape index (κ2) is 20.5. The zero-order chi connectivity index (χ0) is 50.1. The lowest BCUT2D eigenvalue weighted by Crippen LogP contribution is -2.59. The molecular weight excluding hydrogens is 973 g/mol. The van der Waals surface area contributed by atoms with E-state index in [2.05, 4.69) is 81.6 Å². The van der Waals surface area contributed by atoms with Gasteiger partial charge in [0.05, 0.1) is 41.4 Å². The molecule has 21 heteroatoms. The number of hydrogen-bond acceptors (Lipinski definition) is 11. The van der Waals surface area contributed by atoms with Crippen molar-refractivity contribution in [2.75, 3.05) is 98.9 Å². The Balaban J connectivity index is 0.000000142. The third-order valence-electron chi connectivity index (χ3n) is 13.6. The minimum atomic E-state index is -3.21. The van der Waals surface area contributed by atoms with Crippen LogP contribution in [-0.4, -0.2) is 140 Å². The fourth-order valence-electron chi connectivity index (χ4n) is 9.90. The van der Waals surface area contributed by atoms with E-state index in [1.54, 1.807) is 21.0 Å². The van der Waals surface area contributed by atoms with E-state index in [0.717, 1.165) is 114 Å². The molecule has 2 amide bonds. The van der Waals surface area contributed by atoms with E-state index in [9.17, 15) is 18.0 Å². The minimum Gasteiger partial charge on any atom is -0.370 e. The van der Waals surface area contributed by atoms with E-state index < -0.39 is 10.0 Å². The predicted molar refractivity (Wildman–Crippen MR) is 284 cm³/mol. The highest BCUT2D eigenvalue weighted by Crippen LogP contribution is 2.40. The summed E-state index contributed by atoms with van der Waals surface area (Å²) in [5.41, 5.74) is 7.82. The molecule has 1 atom stereocenters. The first-order valence-electron chi connectivity index (χ1n) is 23.1. The van der Waals surface area contributed by atoms with Gasteiger partial charge in [0.25, 0.3) is 5.91 Å². The van der Waals surface area contributed by atoms with Gasteiger partial charge in [0.1, 0.15) is 0 Å². The number of sulfonamides is 1. The maximum atomic E-state index is 11.9. The van der Waals surface area contributed by atoms with Gasteiger partial charge in [-0.15, -0.1) is 0 Å². The molecule has 0 spiro atoms. The van der Waals surface area contributed by atoms with E-state index in [1.165, 1.54) is 10.6 Å². The molecule has 6 heterocycles. The number of carbonyl (C=O) groups excluding carboxylic acids is 2. The number of halogens is 3. The number of aromatic amines is 3. The average molecular weight is 1030 g/mol. The lowest BCUT2D eigenvalue weighted by molar-refractivity contribution is -0.119. The van der Waals surface area contributed by atoms with Gasteiger partial charge in [0.2, 0.25) is 15.9 Å². The van der Waals surface area contributed by atoms with Crippen LogP contribution < -0.4 is 30.2 Å². The van der Waals surface area contributed by atoms with Gasteiger partial charge in [-0.3, -0.25) is 24.9 Å². The Morgan fingerprint density at radius 2 is 1.16 bits per heavy atom. The topological polar surface area (TPSA) is 195 Å². The Hall–Kier alpha value is -5.79. The second-order valence-corrected chi connectivity index (χ2v) is 22.8. The molecule has 0 bridgehead atoms. The van der Waals surface area contributed by atoms with Crippen molar-refractivity contribution in [3.05, 3.63) is 99.9 Å². The first kappa shape index (κ1) is 50.6. The predicted octanol–water partition coefficient (Wildman–Crippen LogP) is 7.79. The molecule has 70 heavy (non-hydrogen) atoms. The second-order valence-electron chi connectivity index (χ2n) is 19.4. The lowest BCUT2D eigenvalue weighted by atomic mass is 9.79. The smallest absolute Gasteiger partial charge is 0.251 e. The Morgan fingerprint density at radius 3 is 1.60 bits per heavy atom. The molecule has 0 aliphatic carbocycles. The Labute approximate surface area is 423 Å². The summed E-state index contributed by atoms with van der Waals surface area (Å²) in [5, 5.41) is 32.0. The number of piperidine rings is 1. The summed E-state index contributed by atoms with van der Waals surface area (Å²) in [7, 11) is 0.104. The van der Waals surface area contributed by atoms with E-state index in [1.807, 2.05) is 79.3 Å². The maximum Gasteiger partial charge on any atom is 0.251 e. The number of hydrogen-bond donors (Lipinski definition) is 5. The number of anilines is 4. The monoisotopic (exact) mass is 1030 g/mol. The zero-order valence-electron chi connectivity index (χ0n) is 40.4. The van der Waals surface area contributed by atoms with E-state index in [4.69, 9.17) is 34.8 Å². The number of carbonyl (C=O) groups is 2. The summed E-state index contributed by atoms with van der Waals surface area (Å²) >= 11 is 18.7. The molecule has 3 fully saturated rings.